The molecule has 84 valence electrons. The Morgan fingerprint density at radius 3 is 2.56 bits per heavy atom. The van der Waals surface area contributed by atoms with Crippen molar-refractivity contribution in [1.82, 2.24) is 4.98 Å². The molecular formula is C13H15NO2. The fourth-order valence-corrected chi connectivity index (χ4v) is 1.87. The molecule has 2 rings (SSSR count). The van der Waals surface area contributed by atoms with Crippen LogP contribution in [0.3, 0.4) is 0 Å². The van der Waals surface area contributed by atoms with Crippen LogP contribution in [0.4, 0.5) is 0 Å². The van der Waals surface area contributed by atoms with Crippen LogP contribution < -0.4 is 0 Å². The number of rotatable bonds is 1. The first-order valence-corrected chi connectivity index (χ1v) is 5.24. The van der Waals surface area contributed by atoms with Crippen LogP contribution >= 0.6 is 0 Å². The lowest BCUT2D eigenvalue weighted by atomic mass is 9.86. The van der Waals surface area contributed by atoms with Gasteiger partial charge in [-0.2, -0.15) is 0 Å². The van der Waals surface area contributed by atoms with Gasteiger partial charge < -0.3 is 10.1 Å². The first-order chi connectivity index (χ1) is 7.39. The number of carbonyl (C=O) groups is 1. The van der Waals surface area contributed by atoms with E-state index in [2.05, 4.69) is 25.8 Å². The van der Waals surface area contributed by atoms with Gasteiger partial charge in [0, 0.05) is 17.1 Å². The molecule has 0 aliphatic carbocycles. The van der Waals surface area contributed by atoms with Crippen molar-refractivity contribution in [3.63, 3.8) is 0 Å². The Balaban J connectivity index is 2.70. The summed E-state index contributed by atoms with van der Waals surface area (Å²) >= 11 is 0. The number of carboxylic acids is 1. The summed E-state index contributed by atoms with van der Waals surface area (Å²) in [6.45, 7) is 6.34. The SMILES string of the molecule is CC(C)(C)c1c[nH]c2ccc(C(=O)O)cc12. The summed E-state index contributed by atoms with van der Waals surface area (Å²) in [4.78, 5) is 14.1. The number of fused-ring (bicyclic) bond motifs is 1. The van der Waals surface area contributed by atoms with Crippen LogP contribution in [0.15, 0.2) is 24.4 Å². The Morgan fingerprint density at radius 2 is 2.00 bits per heavy atom. The molecule has 1 aromatic carbocycles. The molecule has 3 nitrogen and oxygen atoms in total. The number of aromatic carboxylic acids is 1. The molecule has 0 saturated carbocycles. The maximum absolute atomic E-state index is 10.9. The van der Waals surface area contributed by atoms with Gasteiger partial charge in [-0.3, -0.25) is 0 Å². The van der Waals surface area contributed by atoms with Gasteiger partial charge >= 0.3 is 5.97 Å². The van der Waals surface area contributed by atoms with Crippen LogP contribution in [0.2, 0.25) is 0 Å². The van der Waals surface area contributed by atoms with Crippen LogP contribution in [0, 0.1) is 0 Å². The summed E-state index contributed by atoms with van der Waals surface area (Å²) in [7, 11) is 0. The van der Waals surface area contributed by atoms with Crippen molar-refractivity contribution < 1.29 is 9.90 Å². The van der Waals surface area contributed by atoms with Crippen LogP contribution in [-0.2, 0) is 5.41 Å². The van der Waals surface area contributed by atoms with Crippen LogP contribution in [0.25, 0.3) is 10.9 Å². The molecule has 0 saturated heterocycles. The van der Waals surface area contributed by atoms with Gasteiger partial charge in [0.25, 0.3) is 0 Å². The molecule has 1 aromatic heterocycles. The molecular weight excluding hydrogens is 202 g/mol. The summed E-state index contributed by atoms with van der Waals surface area (Å²) < 4.78 is 0. The summed E-state index contributed by atoms with van der Waals surface area (Å²) in [6, 6.07) is 5.16. The van der Waals surface area contributed by atoms with Gasteiger partial charge in [0.05, 0.1) is 5.56 Å². The maximum atomic E-state index is 10.9. The second kappa shape index (κ2) is 3.37. The second-order valence-electron chi connectivity index (χ2n) is 5.02. The predicted octanol–water partition coefficient (Wildman–Crippen LogP) is 3.16. The van der Waals surface area contributed by atoms with Gasteiger partial charge in [0.15, 0.2) is 0 Å². The molecule has 0 radical (unpaired) electrons. The minimum atomic E-state index is -0.886. The molecule has 0 unspecified atom stereocenters. The molecule has 1 heterocycles. The lowest BCUT2D eigenvalue weighted by Crippen LogP contribution is -2.10. The van der Waals surface area contributed by atoms with Crippen molar-refractivity contribution in [2.75, 3.05) is 0 Å². The minimum Gasteiger partial charge on any atom is -0.478 e. The van der Waals surface area contributed by atoms with Gasteiger partial charge in [-0.25, -0.2) is 4.79 Å². The highest BCUT2D eigenvalue weighted by atomic mass is 16.4. The highest BCUT2D eigenvalue weighted by Crippen LogP contribution is 2.30. The number of benzene rings is 1. The van der Waals surface area contributed by atoms with E-state index in [9.17, 15) is 4.79 Å². The second-order valence-corrected chi connectivity index (χ2v) is 5.02. The quantitative estimate of drug-likeness (QED) is 0.770. The zero-order chi connectivity index (χ0) is 11.9. The van der Waals surface area contributed by atoms with E-state index in [1.54, 1.807) is 12.1 Å². The highest BCUT2D eigenvalue weighted by Gasteiger charge is 2.18. The number of hydrogen-bond donors (Lipinski definition) is 2. The molecule has 0 amide bonds. The fourth-order valence-electron chi connectivity index (χ4n) is 1.87. The molecule has 16 heavy (non-hydrogen) atoms. The molecule has 2 aromatic rings. The molecule has 0 bridgehead atoms. The van der Waals surface area contributed by atoms with E-state index in [1.165, 1.54) is 0 Å². The van der Waals surface area contributed by atoms with Crippen molar-refractivity contribution in [3.8, 4) is 0 Å². The van der Waals surface area contributed by atoms with Crippen molar-refractivity contribution in [2.45, 2.75) is 26.2 Å². The Morgan fingerprint density at radius 1 is 1.31 bits per heavy atom. The Bertz CT molecular complexity index is 547. The molecule has 0 atom stereocenters. The average Bonchev–Trinajstić information content (AvgIpc) is 2.58. The lowest BCUT2D eigenvalue weighted by molar-refractivity contribution is 0.0697. The topological polar surface area (TPSA) is 53.1 Å². The fraction of sp³-hybridized carbons (Fsp3) is 0.308. The Labute approximate surface area is 94.1 Å². The van der Waals surface area contributed by atoms with E-state index in [4.69, 9.17) is 5.11 Å². The summed E-state index contributed by atoms with van der Waals surface area (Å²) in [5, 5.41) is 9.96. The number of aromatic nitrogens is 1. The average molecular weight is 217 g/mol. The molecule has 2 N–H and O–H groups in total. The lowest BCUT2D eigenvalue weighted by Gasteiger charge is -2.17. The third-order valence-electron chi connectivity index (χ3n) is 2.74. The molecule has 0 fully saturated rings. The molecule has 3 heteroatoms. The smallest absolute Gasteiger partial charge is 0.335 e. The number of aromatic amines is 1. The monoisotopic (exact) mass is 217 g/mol. The minimum absolute atomic E-state index is 0.00930. The third-order valence-corrected chi connectivity index (χ3v) is 2.74. The van der Waals surface area contributed by atoms with Crippen LogP contribution in [0.1, 0.15) is 36.7 Å². The van der Waals surface area contributed by atoms with Gasteiger partial charge in [-0.1, -0.05) is 20.8 Å². The van der Waals surface area contributed by atoms with Crippen molar-refractivity contribution >= 4 is 16.9 Å². The van der Waals surface area contributed by atoms with Crippen LogP contribution in [-0.4, -0.2) is 16.1 Å². The normalized spacial score (nSPS) is 11.9. The Kier molecular flexibility index (Phi) is 2.26. The predicted molar refractivity (Wildman–Crippen MR) is 64.0 cm³/mol. The molecule has 0 aliphatic heterocycles. The largest absolute Gasteiger partial charge is 0.478 e. The molecule has 0 aliphatic rings. The highest BCUT2D eigenvalue weighted by molar-refractivity contribution is 5.95. The summed E-state index contributed by atoms with van der Waals surface area (Å²) in [5.74, 6) is -0.886. The molecule has 0 spiro atoms. The first kappa shape index (κ1) is 10.7. The van der Waals surface area contributed by atoms with E-state index in [0.29, 0.717) is 5.56 Å². The van der Waals surface area contributed by atoms with Gasteiger partial charge in [-0.05, 0) is 29.2 Å². The van der Waals surface area contributed by atoms with Crippen LogP contribution in [0.5, 0.6) is 0 Å². The third kappa shape index (κ3) is 1.69. The number of H-pyrrole nitrogens is 1. The van der Waals surface area contributed by atoms with E-state index in [0.717, 1.165) is 16.5 Å². The standard InChI is InChI=1S/C13H15NO2/c1-13(2,3)10-7-14-11-5-4-8(12(15)16)6-9(10)11/h4-7,14H,1-3H3,(H,15,16). The zero-order valence-electron chi connectivity index (χ0n) is 9.66. The van der Waals surface area contributed by atoms with Crippen molar-refractivity contribution in [3.05, 3.63) is 35.5 Å². The number of carboxylic acid groups (broad SMARTS) is 1. The van der Waals surface area contributed by atoms with Crippen molar-refractivity contribution in [1.29, 1.82) is 0 Å². The van der Waals surface area contributed by atoms with E-state index < -0.39 is 5.97 Å². The Hall–Kier alpha value is -1.77. The van der Waals surface area contributed by atoms with E-state index in [1.807, 2.05) is 12.3 Å². The van der Waals surface area contributed by atoms with E-state index >= 15 is 0 Å². The number of nitrogens with one attached hydrogen (secondary N) is 1. The zero-order valence-corrected chi connectivity index (χ0v) is 9.66. The number of hydrogen-bond acceptors (Lipinski definition) is 1. The van der Waals surface area contributed by atoms with Gasteiger partial charge in [0.1, 0.15) is 0 Å². The maximum Gasteiger partial charge on any atom is 0.335 e. The summed E-state index contributed by atoms with van der Waals surface area (Å²) in [5.41, 5.74) is 2.47. The van der Waals surface area contributed by atoms with Gasteiger partial charge in [0.2, 0.25) is 0 Å². The van der Waals surface area contributed by atoms with Crippen molar-refractivity contribution in [2.24, 2.45) is 0 Å². The van der Waals surface area contributed by atoms with E-state index in [-0.39, 0.29) is 5.41 Å². The van der Waals surface area contributed by atoms with Gasteiger partial charge in [-0.15, -0.1) is 0 Å². The first-order valence-electron chi connectivity index (χ1n) is 5.24. The summed E-state index contributed by atoms with van der Waals surface area (Å²) in [6.07, 6.45) is 1.95.